The number of nitrogens with one attached hydrogen (secondary N) is 1. The Morgan fingerprint density at radius 3 is 2.82 bits per heavy atom. The van der Waals surface area contributed by atoms with Gasteiger partial charge in [0.15, 0.2) is 11.5 Å². The van der Waals surface area contributed by atoms with Crippen molar-refractivity contribution in [2.45, 2.75) is 26.2 Å². The Morgan fingerprint density at radius 1 is 1.32 bits per heavy atom. The quantitative estimate of drug-likeness (QED) is 0.829. The van der Waals surface area contributed by atoms with E-state index in [1.54, 1.807) is 23.5 Å². The van der Waals surface area contributed by atoms with Crippen LogP contribution in [0.25, 0.3) is 0 Å². The van der Waals surface area contributed by atoms with Crippen molar-refractivity contribution >= 4 is 28.6 Å². The van der Waals surface area contributed by atoms with Gasteiger partial charge in [-0.3, -0.25) is 4.79 Å². The number of rotatable bonds is 5. The van der Waals surface area contributed by atoms with Crippen LogP contribution in [-0.4, -0.2) is 12.7 Å². The molecule has 3 rings (SSSR count). The van der Waals surface area contributed by atoms with Gasteiger partial charge in [0, 0.05) is 28.3 Å². The maximum Gasteiger partial charge on any atom is 0.231 e. The molecule has 1 aliphatic rings. The number of anilines is 2. The summed E-state index contributed by atoms with van der Waals surface area (Å²) in [6.45, 7) is 2.27. The second-order valence-electron chi connectivity index (χ2n) is 5.21. The molecular weight excluding hydrogens is 300 g/mol. The van der Waals surface area contributed by atoms with Crippen molar-refractivity contribution in [2.24, 2.45) is 0 Å². The molecule has 1 aliphatic heterocycles. The highest BCUT2D eigenvalue weighted by atomic mass is 32.1. The number of hydrogen-bond donors (Lipinski definition) is 2. The number of nitrogens with two attached hydrogens (primary N) is 1. The minimum absolute atomic E-state index is 0.0427. The molecule has 0 saturated carbocycles. The number of hydrogen-bond acceptors (Lipinski definition) is 5. The Hall–Kier alpha value is -2.21. The van der Waals surface area contributed by atoms with Crippen LogP contribution in [0, 0.1) is 6.92 Å². The van der Waals surface area contributed by atoms with E-state index in [1.165, 1.54) is 9.75 Å². The smallest absolute Gasteiger partial charge is 0.231 e. The Bertz CT molecular complexity index is 697. The fourth-order valence-electron chi connectivity index (χ4n) is 2.32. The number of ether oxygens (including phenoxy) is 2. The third-order valence-electron chi connectivity index (χ3n) is 3.44. The zero-order chi connectivity index (χ0) is 15.5. The van der Waals surface area contributed by atoms with Gasteiger partial charge in [-0.25, -0.2) is 0 Å². The molecule has 0 bridgehead atoms. The van der Waals surface area contributed by atoms with Gasteiger partial charge in [0.25, 0.3) is 0 Å². The highest BCUT2D eigenvalue weighted by molar-refractivity contribution is 7.11. The average molecular weight is 318 g/mol. The Labute approximate surface area is 133 Å². The van der Waals surface area contributed by atoms with E-state index in [2.05, 4.69) is 24.4 Å². The summed E-state index contributed by atoms with van der Waals surface area (Å²) in [6.07, 6.45) is 2.20. The fraction of sp³-hybridized carbons (Fsp3) is 0.312. The maximum absolute atomic E-state index is 12.0. The Morgan fingerprint density at radius 2 is 2.09 bits per heavy atom. The van der Waals surface area contributed by atoms with Gasteiger partial charge in [0.2, 0.25) is 12.7 Å². The van der Waals surface area contributed by atoms with Gasteiger partial charge in [-0.15, -0.1) is 11.3 Å². The van der Waals surface area contributed by atoms with Crippen LogP contribution >= 0.6 is 11.3 Å². The molecule has 2 heterocycles. The number of thiophene rings is 1. The van der Waals surface area contributed by atoms with E-state index in [0.717, 1.165) is 12.8 Å². The summed E-state index contributed by atoms with van der Waals surface area (Å²) in [6, 6.07) is 7.60. The summed E-state index contributed by atoms with van der Waals surface area (Å²) >= 11 is 1.78. The van der Waals surface area contributed by atoms with Gasteiger partial charge in [-0.05, 0) is 31.9 Å². The SMILES string of the molecule is Cc1ccc(CCCC(=O)Nc2cc3c(cc2N)OCO3)s1. The molecule has 2 aromatic rings. The first-order chi connectivity index (χ1) is 10.6. The van der Waals surface area contributed by atoms with Crippen LogP contribution in [0.5, 0.6) is 11.5 Å². The molecule has 1 amide bonds. The molecule has 0 saturated heterocycles. The molecule has 1 aromatic heterocycles. The van der Waals surface area contributed by atoms with Crippen molar-refractivity contribution in [2.75, 3.05) is 17.8 Å². The fourth-order valence-corrected chi connectivity index (χ4v) is 3.25. The zero-order valence-electron chi connectivity index (χ0n) is 12.3. The normalized spacial score (nSPS) is 12.4. The number of carbonyl (C=O) groups is 1. The van der Waals surface area contributed by atoms with Gasteiger partial charge in [-0.2, -0.15) is 0 Å². The molecule has 0 radical (unpaired) electrons. The third-order valence-corrected chi connectivity index (χ3v) is 4.50. The third kappa shape index (κ3) is 3.33. The highest BCUT2D eigenvalue weighted by Gasteiger charge is 2.17. The summed E-state index contributed by atoms with van der Waals surface area (Å²) in [5, 5.41) is 2.84. The van der Waals surface area contributed by atoms with Crippen LogP contribution in [-0.2, 0) is 11.2 Å². The van der Waals surface area contributed by atoms with Crippen molar-refractivity contribution in [3.8, 4) is 11.5 Å². The van der Waals surface area contributed by atoms with Gasteiger partial charge < -0.3 is 20.5 Å². The molecule has 6 heteroatoms. The predicted molar refractivity (Wildman–Crippen MR) is 87.6 cm³/mol. The van der Waals surface area contributed by atoms with Crippen molar-refractivity contribution in [1.29, 1.82) is 0 Å². The van der Waals surface area contributed by atoms with E-state index < -0.39 is 0 Å². The van der Waals surface area contributed by atoms with E-state index in [0.29, 0.717) is 29.3 Å². The summed E-state index contributed by atoms with van der Waals surface area (Å²) in [7, 11) is 0. The second kappa shape index (κ2) is 6.27. The van der Waals surface area contributed by atoms with Gasteiger partial charge >= 0.3 is 0 Å². The Balaban J connectivity index is 1.53. The number of carbonyl (C=O) groups excluding carboxylic acids is 1. The molecule has 0 unspecified atom stereocenters. The van der Waals surface area contributed by atoms with Crippen molar-refractivity contribution in [3.05, 3.63) is 34.0 Å². The topological polar surface area (TPSA) is 73.6 Å². The molecule has 5 nitrogen and oxygen atoms in total. The maximum atomic E-state index is 12.0. The lowest BCUT2D eigenvalue weighted by atomic mass is 10.2. The number of nitrogen functional groups attached to an aromatic ring is 1. The second-order valence-corrected chi connectivity index (χ2v) is 6.58. The molecule has 3 N–H and O–H groups in total. The molecule has 0 spiro atoms. The number of benzene rings is 1. The summed E-state index contributed by atoms with van der Waals surface area (Å²) < 4.78 is 10.5. The minimum Gasteiger partial charge on any atom is -0.454 e. The van der Waals surface area contributed by atoms with E-state index >= 15 is 0 Å². The predicted octanol–water partition coefficient (Wildman–Crippen LogP) is 3.33. The van der Waals surface area contributed by atoms with Crippen LogP contribution in [0.3, 0.4) is 0 Å². The van der Waals surface area contributed by atoms with E-state index in [1.807, 2.05) is 0 Å². The van der Waals surface area contributed by atoms with Crippen LogP contribution in [0.4, 0.5) is 11.4 Å². The number of amides is 1. The first kappa shape index (κ1) is 14.7. The first-order valence-corrected chi connectivity index (χ1v) is 7.98. The molecule has 0 fully saturated rings. The van der Waals surface area contributed by atoms with Gasteiger partial charge in [-0.1, -0.05) is 0 Å². The van der Waals surface area contributed by atoms with E-state index in [-0.39, 0.29) is 12.7 Å². The molecule has 0 aliphatic carbocycles. The summed E-state index contributed by atoms with van der Waals surface area (Å²) in [5.74, 6) is 1.18. The van der Waals surface area contributed by atoms with Crippen LogP contribution in [0.2, 0.25) is 0 Å². The zero-order valence-corrected chi connectivity index (χ0v) is 13.2. The summed E-state index contributed by atoms with van der Waals surface area (Å²) in [5.41, 5.74) is 6.96. The minimum atomic E-state index is -0.0427. The van der Waals surface area contributed by atoms with Crippen LogP contribution in [0.1, 0.15) is 22.6 Å². The number of aryl methyl sites for hydroxylation is 2. The van der Waals surface area contributed by atoms with Crippen molar-refractivity contribution < 1.29 is 14.3 Å². The lowest BCUT2D eigenvalue weighted by Gasteiger charge is -2.09. The van der Waals surface area contributed by atoms with Crippen molar-refractivity contribution in [3.63, 3.8) is 0 Å². The van der Waals surface area contributed by atoms with Crippen LogP contribution in [0.15, 0.2) is 24.3 Å². The van der Waals surface area contributed by atoms with Crippen LogP contribution < -0.4 is 20.5 Å². The highest BCUT2D eigenvalue weighted by Crippen LogP contribution is 2.38. The Kier molecular flexibility index (Phi) is 4.20. The molecule has 116 valence electrons. The lowest BCUT2D eigenvalue weighted by Crippen LogP contribution is -2.12. The summed E-state index contributed by atoms with van der Waals surface area (Å²) in [4.78, 5) is 14.6. The lowest BCUT2D eigenvalue weighted by molar-refractivity contribution is -0.116. The average Bonchev–Trinajstić information content (AvgIpc) is 3.08. The van der Waals surface area contributed by atoms with E-state index in [9.17, 15) is 4.79 Å². The molecule has 22 heavy (non-hydrogen) atoms. The van der Waals surface area contributed by atoms with Crippen molar-refractivity contribution in [1.82, 2.24) is 0 Å². The standard InChI is InChI=1S/C16H18N2O3S/c1-10-5-6-11(22-10)3-2-4-16(19)18-13-8-15-14(7-12(13)17)20-9-21-15/h5-8H,2-4,9,17H2,1H3,(H,18,19). The molecule has 1 aromatic carbocycles. The van der Waals surface area contributed by atoms with Gasteiger partial charge in [0.1, 0.15) is 0 Å². The van der Waals surface area contributed by atoms with Gasteiger partial charge in [0.05, 0.1) is 11.4 Å². The van der Waals surface area contributed by atoms with E-state index in [4.69, 9.17) is 15.2 Å². The first-order valence-electron chi connectivity index (χ1n) is 7.16. The largest absolute Gasteiger partial charge is 0.454 e. The molecule has 0 atom stereocenters. The number of fused-ring (bicyclic) bond motifs is 1. The monoisotopic (exact) mass is 318 g/mol. The molecular formula is C16H18N2O3S.